The summed E-state index contributed by atoms with van der Waals surface area (Å²) in [6, 6.07) is 8.62. The highest BCUT2D eigenvalue weighted by Crippen LogP contribution is 2.36. The average molecular weight is 348 g/mol. The van der Waals surface area contributed by atoms with Crippen molar-refractivity contribution in [3.63, 3.8) is 0 Å². The Labute approximate surface area is 123 Å². The lowest BCUT2D eigenvalue weighted by molar-refractivity contribution is 0.0932. The van der Waals surface area contributed by atoms with Crippen LogP contribution < -0.4 is 0 Å². The van der Waals surface area contributed by atoms with Gasteiger partial charge in [-0.1, -0.05) is 23.7 Å². The minimum absolute atomic E-state index is 0.0891. The Kier molecular flexibility index (Phi) is 3.95. The second-order valence-corrected chi connectivity index (χ2v) is 5.59. The molecule has 1 nitrogen and oxygen atoms in total. The first-order chi connectivity index (χ1) is 8.84. The van der Waals surface area contributed by atoms with Gasteiger partial charge < -0.3 is 5.11 Å². The molecule has 0 saturated heterocycles. The minimum atomic E-state index is -1.82. The molecule has 0 aromatic heterocycles. The molecule has 2 rings (SSSR count). The van der Waals surface area contributed by atoms with Crippen molar-refractivity contribution < 1.29 is 13.9 Å². The lowest BCUT2D eigenvalue weighted by Crippen LogP contribution is -2.26. The van der Waals surface area contributed by atoms with Crippen LogP contribution in [0.15, 0.2) is 40.9 Å². The van der Waals surface area contributed by atoms with Crippen LogP contribution in [0.1, 0.15) is 18.1 Å². The van der Waals surface area contributed by atoms with E-state index in [2.05, 4.69) is 15.9 Å². The number of rotatable bonds is 2. The van der Waals surface area contributed by atoms with E-state index in [0.717, 1.165) is 6.07 Å². The monoisotopic (exact) mass is 346 g/mol. The minimum Gasteiger partial charge on any atom is -0.380 e. The lowest BCUT2D eigenvalue weighted by atomic mass is 9.87. The summed E-state index contributed by atoms with van der Waals surface area (Å²) >= 11 is 8.82. The van der Waals surface area contributed by atoms with Gasteiger partial charge in [-0.25, -0.2) is 8.78 Å². The zero-order chi connectivity index (χ0) is 14.2. The number of benzene rings is 2. The molecular formula is C14H10BrClF2O. The highest BCUT2D eigenvalue weighted by atomic mass is 79.9. The van der Waals surface area contributed by atoms with Gasteiger partial charge in [-0.3, -0.25) is 0 Å². The van der Waals surface area contributed by atoms with E-state index in [4.69, 9.17) is 11.6 Å². The molecule has 0 aliphatic carbocycles. The third-order valence-electron chi connectivity index (χ3n) is 2.92. The molecular weight excluding hydrogens is 338 g/mol. The largest absolute Gasteiger partial charge is 0.380 e. The van der Waals surface area contributed by atoms with E-state index in [1.54, 1.807) is 18.2 Å². The molecule has 0 saturated carbocycles. The van der Waals surface area contributed by atoms with E-state index in [-0.39, 0.29) is 4.47 Å². The first kappa shape index (κ1) is 14.4. The predicted octanol–water partition coefficient (Wildman–Crippen LogP) is 4.64. The summed E-state index contributed by atoms with van der Waals surface area (Å²) in [6.07, 6.45) is 0. The SMILES string of the molecule is CC(O)(c1cccc(Cl)c1)c1c(F)ccc(Br)c1F. The molecule has 0 radical (unpaired) electrons. The third-order valence-corrected chi connectivity index (χ3v) is 3.77. The normalized spacial score (nSPS) is 14.2. The Hall–Kier alpha value is -0.970. The maximum absolute atomic E-state index is 14.1. The summed E-state index contributed by atoms with van der Waals surface area (Å²) < 4.78 is 28.0. The highest BCUT2D eigenvalue weighted by molar-refractivity contribution is 9.10. The van der Waals surface area contributed by atoms with Crippen LogP contribution in [0.5, 0.6) is 0 Å². The van der Waals surface area contributed by atoms with Crippen LogP contribution >= 0.6 is 27.5 Å². The second kappa shape index (κ2) is 5.19. The van der Waals surface area contributed by atoms with Crippen LogP contribution in [0.2, 0.25) is 5.02 Å². The Balaban J connectivity index is 2.66. The van der Waals surface area contributed by atoms with Crippen LogP contribution in [-0.2, 0) is 5.60 Å². The van der Waals surface area contributed by atoms with Gasteiger partial charge in [0.25, 0.3) is 0 Å². The third kappa shape index (κ3) is 2.66. The fourth-order valence-electron chi connectivity index (χ4n) is 1.91. The summed E-state index contributed by atoms with van der Waals surface area (Å²) in [5.41, 5.74) is -1.91. The van der Waals surface area contributed by atoms with Crippen molar-refractivity contribution in [3.8, 4) is 0 Å². The average Bonchev–Trinajstić information content (AvgIpc) is 2.34. The molecule has 2 aromatic carbocycles. The van der Waals surface area contributed by atoms with Gasteiger partial charge in [0.05, 0.1) is 10.0 Å². The van der Waals surface area contributed by atoms with Crippen molar-refractivity contribution in [1.82, 2.24) is 0 Å². The number of hydrogen-bond donors (Lipinski definition) is 1. The molecule has 19 heavy (non-hydrogen) atoms. The number of aliphatic hydroxyl groups is 1. The van der Waals surface area contributed by atoms with Gasteiger partial charge in [-0.15, -0.1) is 0 Å². The fourth-order valence-corrected chi connectivity index (χ4v) is 2.43. The maximum atomic E-state index is 14.1. The molecule has 0 aliphatic heterocycles. The molecule has 1 atom stereocenters. The van der Waals surface area contributed by atoms with E-state index >= 15 is 0 Å². The highest BCUT2D eigenvalue weighted by Gasteiger charge is 2.33. The molecule has 100 valence electrons. The van der Waals surface area contributed by atoms with E-state index in [1.165, 1.54) is 19.1 Å². The van der Waals surface area contributed by atoms with Gasteiger partial charge in [-0.05, 0) is 52.7 Å². The van der Waals surface area contributed by atoms with Crippen LogP contribution in [0.4, 0.5) is 8.78 Å². The van der Waals surface area contributed by atoms with Crippen molar-refractivity contribution in [1.29, 1.82) is 0 Å². The van der Waals surface area contributed by atoms with E-state index in [9.17, 15) is 13.9 Å². The van der Waals surface area contributed by atoms with E-state index in [0.29, 0.717) is 10.6 Å². The predicted molar refractivity (Wildman–Crippen MR) is 74.2 cm³/mol. The summed E-state index contributed by atoms with van der Waals surface area (Å²) in [5, 5.41) is 10.9. The zero-order valence-electron chi connectivity index (χ0n) is 9.92. The molecule has 0 heterocycles. The topological polar surface area (TPSA) is 20.2 Å². The van der Waals surface area contributed by atoms with Gasteiger partial charge in [-0.2, -0.15) is 0 Å². The van der Waals surface area contributed by atoms with Gasteiger partial charge in [0.1, 0.15) is 17.2 Å². The zero-order valence-corrected chi connectivity index (χ0v) is 12.3. The van der Waals surface area contributed by atoms with Gasteiger partial charge in [0.2, 0.25) is 0 Å². The van der Waals surface area contributed by atoms with Gasteiger partial charge in [0.15, 0.2) is 0 Å². The quantitative estimate of drug-likeness (QED) is 0.785. The molecule has 5 heteroatoms. The van der Waals surface area contributed by atoms with Crippen LogP contribution in [0, 0.1) is 11.6 Å². The van der Waals surface area contributed by atoms with E-state index in [1.807, 2.05) is 0 Å². The van der Waals surface area contributed by atoms with Crippen LogP contribution in [0.25, 0.3) is 0 Å². The number of halogens is 4. The summed E-state index contributed by atoms with van der Waals surface area (Å²) in [5.74, 6) is -1.64. The molecule has 0 fully saturated rings. The molecule has 2 aromatic rings. The van der Waals surface area contributed by atoms with Crippen molar-refractivity contribution >= 4 is 27.5 Å². The van der Waals surface area contributed by atoms with Crippen molar-refractivity contribution in [3.05, 3.63) is 68.7 Å². The van der Waals surface area contributed by atoms with E-state index < -0.39 is 22.8 Å². The number of hydrogen-bond acceptors (Lipinski definition) is 1. The van der Waals surface area contributed by atoms with Gasteiger partial charge in [0, 0.05) is 5.02 Å². The summed E-state index contributed by atoms with van der Waals surface area (Å²) in [4.78, 5) is 0. The standard InChI is InChI=1S/C14H10BrClF2O/c1-14(19,8-3-2-4-9(16)7-8)12-11(17)6-5-10(15)13(12)18/h2-7,19H,1H3. The van der Waals surface area contributed by atoms with Crippen molar-refractivity contribution in [2.75, 3.05) is 0 Å². The molecule has 0 amide bonds. The molecule has 0 spiro atoms. The Morgan fingerprint density at radius 1 is 1.21 bits per heavy atom. The first-order valence-corrected chi connectivity index (χ1v) is 6.63. The summed E-state index contributed by atoms with van der Waals surface area (Å²) in [6.45, 7) is 1.33. The van der Waals surface area contributed by atoms with Gasteiger partial charge >= 0.3 is 0 Å². The maximum Gasteiger partial charge on any atom is 0.146 e. The first-order valence-electron chi connectivity index (χ1n) is 5.46. The smallest absolute Gasteiger partial charge is 0.146 e. The van der Waals surface area contributed by atoms with Crippen molar-refractivity contribution in [2.24, 2.45) is 0 Å². The van der Waals surface area contributed by atoms with Crippen LogP contribution in [0.3, 0.4) is 0 Å². The Morgan fingerprint density at radius 3 is 2.53 bits per heavy atom. The van der Waals surface area contributed by atoms with Crippen LogP contribution in [-0.4, -0.2) is 5.11 Å². The second-order valence-electron chi connectivity index (χ2n) is 4.30. The molecule has 0 aliphatic rings. The molecule has 1 N–H and O–H groups in total. The Bertz CT molecular complexity index is 629. The fraction of sp³-hybridized carbons (Fsp3) is 0.143. The summed E-state index contributed by atoms with van der Waals surface area (Å²) in [7, 11) is 0. The molecule has 1 unspecified atom stereocenters. The van der Waals surface area contributed by atoms with Crippen molar-refractivity contribution in [2.45, 2.75) is 12.5 Å². The lowest BCUT2D eigenvalue weighted by Gasteiger charge is -2.26. The Morgan fingerprint density at radius 2 is 1.89 bits per heavy atom. The molecule has 0 bridgehead atoms.